The zero-order chi connectivity index (χ0) is 12.3. The van der Waals surface area contributed by atoms with Crippen molar-refractivity contribution in [2.45, 2.75) is 26.3 Å². The van der Waals surface area contributed by atoms with Crippen LogP contribution in [0, 0.1) is 5.92 Å². The molecule has 1 heterocycles. The van der Waals surface area contributed by atoms with Gasteiger partial charge in [0.15, 0.2) is 0 Å². The third-order valence-corrected chi connectivity index (χ3v) is 3.35. The molecule has 0 atom stereocenters. The van der Waals surface area contributed by atoms with E-state index in [2.05, 4.69) is 16.8 Å². The molecule has 0 spiro atoms. The smallest absolute Gasteiger partial charge is 0.122 e. The van der Waals surface area contributed by atoms with Crippen molar-refractivity contribution in [3.05, 3.63) is 29.6 Å². The summed E-state index contributed by atoms with van der Waals surface area (Å²) in [6.45, 7) is 5.46. The molecule has 0 bridgehead atoms. The highest BCUT2D eigenvalue weighted by Crippen LogP contribution is 2.30. The van der Waals surface area contributed by atoms with Gasteiger partial charge in [0.05, 0.1) is 5.69 Å². The molecule has 0 aromatic carbocycles. The van der Waals surface area contributed by atoms with Gasteiger partial charge in [-0.05, 0) is 43.0 Å². The molecule has 1 aliphatic rings. The van der Waals surface area contributed by atoms with E-state index in [9.17, 15) is 0 Å². The van der Waals surface area contributed by atoms with Gasteiger partial charge in [-0.25, -0.2) is 0 Å². The van der Waals surface area contributed by atoms with E-state index in [0.29, 0.717) is 4.99 Å². The Morgan fingerprint density at radius 3 is 2.94 bits per heavy atom. The van der Waals surface area contributed by atoms with Crippen LogP contribution in [0.3, 0.4) is 0 Å². The number of nitrogens with two attached hydrogens (primary N) is 1. The maximum Gasteiger partial charge on any atom is 0.122 e. The molecule has 92 valence electrons. The summed E-state index contributed by atoms with van der Waals surface area (Å²) in [5, 5.41) is 0. The Bertz CT molecular complexity index is 401. The molecule has 1 aromatic rings. The molecule has 1 fully saturated rings. The number of hydrogen-bond donors (Lipinski definition) is 1. The fourth-order valence-electron chi connectivity index (χ4n) is 1.94. The van der Waals surface area contributed by atoms with Crippen molar-refractivity contribution in [2.75, 3.05) is 13.1 Å². The molecule has 0 unspecified atom stereocenters. The number of pyridine rings is 1. The Balaban J connectivity index is 2.00. The molecule has 1 aromatic heterocycles. The molecule has 1 aliphatic carbocycles. The average molecular weight is 249 g/mol. The summed E-state index contributed by atoms with van der Waals surface area (Å²) in [5.74, 6) is 0.923. The average Bonchev–Trinajstić information content (AvgIpc) is 3.12. The summed E-state index contributed by atoms with van der Waals surface area (Å²) in [5.41, 5.74) is 7.56. The van der Waals surface area contributed by atoms with Gasteiger partial charge < -0.3 is 5.73 Å². The van der Waals surface area contributed by atoms with E-state index in [1.54, 1.807) is 6.20 Å². The maximum absolute atomic E-state index is 5.59. The van der Waals surface area contributed by atoms with E-state index >= 15 is 0 Å². The normalized spacial score (nSPS) is 15.2. The predicted molar refractivity (Wildman–Crippen MR) is 73.8 cm³/mol. The van der Waals surface area contributed by atoms with E-state index in [1.807, 2.05) is 12.1 Å². The van der Waals surface area contributed by atoms with Crippen molar-refractivity contribution < 1.29 is 0 Å². The van der Waals surface area contributed by atoms with Crippen LogP contribution in [-0.2, 0) is 6.54 Å². The van der Waals surface area contributed by atoms with E-state index in [1.165, 1.54) is 24.9 Å². The summed E-state index contributed by atoms with van der Waals surface area (Å²) in [6.07, 6.45) is 4.57. The highest BCUT2D eigenvalue weighted by atomic mass is 32.1. The number of thiocarbonyl (C=S) groups is 1. The number of aromatic nitrogens is 1. The number of nitrogens with zero attached hydrogens (tertiary/aromatic N) is 2. The summed E-state index contributed by atoms with van der Waals surface area (Å²) in [7, 11) is 0. The van der Waals surface area contributed by atoms with Crippen molar-refractivity contribution in [3.63, 3.8) is 0 Å². The lowest BCUT2D eigenvalue weighted by atomic mass is 10.2. The highest BCUT2D eigenvalue weighted by Gasteiger charge is 2.23. The van der Waals surface area contributed by atoms with Crippen molar-refractivity contribution >= 4 is 17.2 Å². The first-order valence-corrected chi connectivity index (χ1v) is 6.57. The predicted octanol–water partition coefficient (Wildman–Crippen LogP) is 1.95. The number of hydrogen-bond acceptors (Lipinski definition) is 3. The van der Waals surface area contributed by atoms with Crippen LogP contribution in [0.15, 0.2) is 18.3 Å². The van der Waals surface area contributed by atoms with E-state index in [0.717, 1.165) is 24.7 Å². The molecule has 4 heteroatoms. The highest BCUT2D eigenvalue weighted by molar-refractivity contribution is 7.80. The van der Waals surface area contributed by atoms with Crippen LogP contribution in [0.5, 0.6) is 0 Å². The van der Waals surface area contributed by atoms with Crippen molar-refractivity contribution in [1.82, 2.24) is 9.88 Å². The minimum atomic E-state index is 0.372. The van der Waals surface area contributed by atoms with Gasteiger partial charge in [0, 0.05) is 19.3 Å². The third-order valence-electron chi connectivity index (χ3n) is 3.14. The lowest BCUT2D eigenvalue weighted by Crippen LogP contribution is -2.25. The molecule has 0 saturated heterocycles. The van der Waals surface area contributed by atoms with Crippen molar-refractivity contribution in [1.29, 1.82) is 0 Å². The molecular weight excluding hydrogens is 230 g/mol. The zero-order valence-corrected chi connectivity index (χ0v) is 11.0. The third kappa shape index (κ3) is 3.75. The zero-order valence-electron chi connectivity index (χ0n) is 10.2. The summed E-state index contributed by atoms with van der Waals surface area (Å²) in [4.78, 5) is 7.00. The molecule has 1 saturated carbocycles. The monoisotopic (exact) mass is 249 g/mol. The van der Waals surface area contributed by atoms with Crippen LogP contribution in [0.25, 0.3) is 0 Å². The lowest BCUT2D eigenvalue weighted by Gasteiger charge is -2.20. The van der Waals surface area contributed by atoms with Crippen molar-refractivity contribution in [3.8, 4) is 0 Å². The maximum atomic E-state index is 5.59. The van der Waals surface area contributed by atoms with Gasteiger partial charge in [0.1, 0.15) is 4.99 Å². The minimum absolute atomic E-state index is 0.372. The van der Waals surface area contributed by atoms with Gasteiger partial charge in [-0.3, -0.25) is 9.88 Å². The fourth-order valence-corrected chi connectivity index (χ4v) is 2.05. The largest absolute Gasteiger partial charge is 0.388 e. The minimum Gasteiger partial charge on any atom is -0.388 e. The van der Waals surface area contributed by atoms with Gasteiger partial charge in [-0.2, -0.15) is 0 Å². The second-order valence-corrected chi connectivity index (χ2v) is 5.12. The van der Waals surface area contributed by atoms with Crippen molar-refractivity contribution in [2.24, 2.45) is 11.7 Å². The fraction of sp³-hybridized carbons (Fsp3) is 0.538. The Labute approximate surface area is 108 Å². The molecular formula is C13H19N3S. The first-order chi connectivity index (χ1) is 8.19. The van der Waals surface area contributed by atoms with Crippen LogP contribution in [0.4, 0.5) is 0 Å². The second-order valence-electron chi connectivity index (χ2n) is 4.68. The lowest BCUT2D eigenvalue weighted by molar-refractivity contribution is 0.268. The molecule has 17 heavy (non-hydrogen) atoms. The van der Waals surface area contributed by atoms with Gasteiger partial charge in [0.2, 0.25) is 0 Å². The Hall–Kier alpha value is -1.00. The van der Waals surface area contributed by atoms with Crippen LogP contribution in [-0.4, -0.2) is 28.0 Å². The molecule has 0 aliphatic heterocycles. The van der Waals surface area contributed by atoms with Crippen LogP contribution >= 0.6 is 12.2 Å². The van der Waals surface area contributed by atoms with Gasteiger partial charge >= 0.3 is 0 Å². The molecule has 3 nitrogen and oxygen atoms in total. The molecule has 2 rings (SSSR count). The quantitative estimate of drug-likeness (QED) is 0.783. The van der Waals surface area contributed by atoms with E-state index in [-0.39, 0.29) is 0 Å². The van der Waals surface area contributed by atoms with Gasteiger partial charge in [0.25, 0.3) is 0 Å². The Kier molecular flexibility index (Phi) is 4.07. The van der Waals surface area contributed by atoms with Crippen LogP contribution in [0.2, 0.25) is 0 Å². The first kappa shape index (κ1) is 12.5. The van der Waals surface area contributed by atoms with E-state index < -0.39 is 0 Å². The Morgan fingerprint density at radius 2 is 2.35 bits per heavy atom. The summed E-state index contributed by atoms with van der Waals surface area (Å²) < 4.78 is 0. The number of rotatable bonds is 6. The summed E-state index contributed by atoms with van der Waals surface area (Å²) >= 11 is 4.95. The van der Waals surface area contributed by atoms with Crippen LogP contribution < -0.4 is 5.73 Å². The molecule has 2 N–H and O–H groups in total. The van der Waals surface area contributed by atoms with Gasteiger partial charge in [-0.1, -0.05) is 19.1 Å². The molecule has 0 radical (unpaired) electrons. The van der Waals surface area contributed by atoms with E-state index in [4.69, 9.17) is 18.0 Å². The topological polar surface area (TPSA) is 42.2 Å². The van der Waals surface area contributed by atoms with Crippen LogP contribution in [0.1, 0.15) is 31.0 Å². The standard InChI is InChI=1S/C13H19N3S/c1-2-16(8-10-3-4-10)9-11-5-6-15-12(7-11)13(14)17/h5-7,10H,2-4,8-9H2,1H3,(H2,14,17). The van der Waals surface area contributed by atoms with Gasteiger partial charge in [-0.15, -0.1) is 0 Å². The first-order valence-electron chi connectivity index (χ1n) is 6.16. The Morgan fingerprint density at radius 1 is 1.59 bits per heavy atom. The molecule has 0 amide bonds. The summed E-state index contributed by atoms with van der Waals surface area (Å²) in [6, 6.07) is 4.04. The second kappa shape index (κ2) is 5.56. The SMILES string of the molecule is CCN(Cc1ccnc(C(N)=S)c1)CC1CC1.